The van der Waals surface area contributed by atoms with Crippen LogP contribution in [-0.2, 0) is 16.2 Å². The van der Waals surface area contributed by atoms with Crippen molar-refractivity contribution in [1.82, 2.24) is 29.2 Å². The summed E-state index contributed by atoms with van der Waals surface area (Å²) < 4.78 is 131. The van der Waals surface area contributed by atoms with E-state index in [4.69, 9.17) is 10.5 Å². The van der Waals surface area contributed by atoms with Crippen LogP contribution in [0.5, 0.6) is 5.88 Å². The molecule has 0 radical (unpaired) electrons. The number of carbonyl (C=O) groups excluding carboxylic acids is 1. The molecule has 1 aromatic carbocycles. The molecule has 1 saturated heterocycles. The number of nitrogens with zero attached hydrogens (tertiary/aromatic N) is 5. The summed E-state index contributed by atoms with van der Waals surface area (Å²) in [6.45, 7) is -1.81. The van der Waals surface area contributed by atoms with E-state index in [1.54, 1.807) is 0 Å². The number of benzene rings is 1. The molecule has 0 aliphatic carbocycles. The van der Waals surface area contributed by atoms with E-state index in [1.165, 1.54) is 18.2 Å². The van der Waals surface area contributed by atoms with Crippen molar-refractivity contribution in [2.75, 3.05) is 25.9 Å². The quantitative estimate of drug-likeness (QED) is 0.285. The summed E-state index contributed by atoms with van der Waals surface area (Å²) in [5.74, 6) is -1.89. The summed E-state index contributed by atoms with van der Waals surface area (Å²) in [5.41, 5.74) is 2.71. The maximum absolute atomic E-state index is 15.1. The summed E-state index contributed by atoms with van der Waals surface area (Å²) in [4.78, 5) is 20.8. The number of anilines is 1. The molecule has 0 bridgehead atoms. The molecular formula is C26H22F7N7O4S. The first-order valence-corrected chi connectivity index (χ1v) is 14.3. The lowest BCUT2D eigenvalue weighted by Gasteiger charge is -2.26. The van der Waals surface area contributed by atoms with E-state index in [0.29, 0.717) is 10.4 Å². The van der Waals surface area contributed by atoms with Crippen molar-refractivity contribution >= 4 is 27.3 Å². The molecule has 5 rings (SSSR count). The van der Waals surface area contributed by atoms with Crippen LogP contribution >= 0.6 is 0 Å². The molecule has 4 heterocycles. The molecule has 45 heavy (non-hydrogen) atoms. The predicted molar refractivity (Wildman–Crippen MR) is 144 cm³/mol. The minimum absolute atomic E-state index is 0.0761. The number of methoxy groups -OCH3 is 1. The molecule has 1 aliphatic rings. The Balaban J connectivity index is 1.45. The second-order valence-corrected chi connectivity index (χ2v) is 11.9. The lowest BCUT2D eigenvalue weighted by Crippen LogP contribution is -2.43. The van der Waals surface area contributed by atoms with E-state index in [9.17, 15) is 39.6 Å². The van der Waals surface area contributed by atoms with Gasteiger partial charge in [0.05, 0.1) is 24.4 Å². The van der Waals surface area contributed by atoms with E-state index >= 15 is 4.39 Å². The fourth-order valence-electron chi connectivity index (χ4n) is 5.03. The molecular weight excluding hydrogens is 639 g/mol. The van der Waals surface area contributed by atoms with Crippen LogP contribution in [0.3, 0.4) is 0 Å². The van der Waals surface area contributed by atoms with Gasteiger partial charge in [-0.2, -0.15) is 35.7 Å². The molecule has 3 aromatic heterocycles. The number of pyridine rings is 1. The molecule has 1 unspecified atom stereocenters. The average molecular weight is 662 g/mol. The first kappa shape index (κ1) is 31.9. The van der Waals surface area contributed by atoms with Gasteiger partial charge in [-0.15, -0.1) is 0 Å². The third-order valence-corrected chi connectivity index (χ3v) is 9.21. The summed E-state index contributed by atoms with van der Waals surface area (Å²) in [5, 5.41) is 3.08. The summed E-state index contributed by atoms with van der Waals surface area (Å²) in [7, 11) is -4.08. The van der Waals surface area contributed by atoms with Crippen molar-refractivity contribution in [2.45, 2.75) is 29.8 Å². The van der Waals surface area contributed by atoms with Gasteiger partial charge in [-0.1, -0.05) is 30.3 Å². The van der Waals surface area contributed by atoms with E-state index < -0.39 is 86.9 Å². The number of nitrogens with two attached hydrogens (primary N) is 1. The van der Waals surface area contributed by atoms with Gasteiger partial charge in [0.15, 0.2) is 11.1 Å². The number of carbonyl (C=O) groups is 1. The Morgan fingerprint density at radius 3 is 2.40 bits per heavy atom. The summed E-state index contributed by atoms with van der Waals surface area (Å²) in [6.07, 6.45) is -10.2. The fraction of sp³-hybridized carbons (Fsp3) is 0.308. The second kappa shape index (κ2) is 11.4. The van der Waals surface area contributed by atoms with Gasteiger partial charge >= 0.3 is 12.4 Å². The molecule has 1 aliphatic heterocycles. The van der Waals surface area contributed by atoms with Gasteiger partial charge in [0, 0.05) is 24.8 Å². The van der Waals surface area contributed by atoms with Crippen LogP contribution in [0.2, 0.25) is 0 Å². The molecule has 11 nitrogen and oxygen atoms in total. The van der Waals surface area contributed by atoms with Gasteiger partial charge in [0.25, 0.3) is 5.91 Å². The SMILES string of the molecule is COc1ncc(-c2cc(C(F)(F)F)c3c(N)ncnn23)cc1C(=O)N[C@@H]1CN(S(=O)(=O)C(c2ccccc2)C(F)(F)F)C[C@@H]1F. The first-order chi connectivity index (χ1) is 21.0. The molecule has 0 saturated carbocycles. The Kier molecular flexibility index (Phi) is 8.11. The van der Waals surface area contributed by atoms with Crippen LogP contribution in [0.15, 0.2) is 55.0 Å². The van der Waals surface area contributed by atoms with Crippen molar-refractivity contribution in [3.63, 3.8) is 0 Å². The third-order valence-electron chi connectivity index (χ3n) is 7.06. The Hall–Kier alpha value is -4.52. The number of halogens is 7. The highest BCUT2D eigenvalue weighted by Crippen LogP contribution is 2.42. The van der Waals surface area contributed by atoms with Crippen molar-refractivity contribution in [2.24, 2.45) is 0 Å². The van der Waals surface area contributed by atoms with Crippen LogP contribution in [0.1, 0.15) is 26.7 Å². The fourth-order valence-corrected chi connectivity index (χ4v) is 6.89. The van der Waals surface area contributed by atoms with Gasteiger partial charge in [-0.05, 0) is 17.7 Å². The predicted octanol–water partition coefficient (Wildman–Crippen LogP) is 3.79. The Labute approximate surface area is 249 Å². The largest absolute Gasteiger partial charge is 0.480 e. The number of nitrogen functional groups attached to an aromatic ring is 1. The monoisotopic (exact) mass is 661 g/mol. The summed E-state index contributed by atoms with van der Waals surface area (Å²) >= 11 is 0. The van der Waals surface area contributed by atoms with E-state index in [2.05, 4.69) is 20.4 Å². The number of hydrogen-bond donors (Lipinski definition) is 2. The van der Waals surface area contributed by atoms with Gasteiger partial charge in [-0.3, -0.25) is 4.79 Å². The smallest absolute Gasteiger partial charge is 0.418 e. The highest BCUT2D eigenvalue weighted by molar-refractivity contribution is 7.89. The van der Waals surface area contributed by atoms with Crippen molar-refractivity contribution in [1.29, 1.82) is 0 Å². The Bertz CT molecular complexity index is 1850. The highest BCUT2D eigenvalue weighted by atomic mass is 32.2. The zero-order valence-electron chi connectivity index (χ0n) is 22.8. The number of hydrogen-bond acceptors (Lipinski definition) is 8. The normalized spacial score (nSPS) is 18.7. The molecule has 0 spiro atoms. The van der Waals surface area contributed by atoms with Crippen LogP contribution in [-0.4, -0.2) is 76.8 Å². The van der Waals surface area contributed by atoms with Crippen LogP contribution in [0.4, 0.5) is 36.6 Å². The Morgan fingerprint density at radius 2 is 1.78 bits per heavy atom. The Morgan fingerprint density at radius 1 is 1.09 bits per heavy atom. The highest BCUT2D eigenvalue weighted by Gasteiger charge is 2.54. The van der Waals surface area contributed by atoms with E-state index in [0.717, 1.165) is 42.3 Å². The topological polar surface area (TPSA) is 145 Å². The lowest BCUT2D eigenvalue weighted by molar-refractivity contribution is -0.136. The molecule has 3 atom stereocenters. The summed E-state index contributed by atoms with van der Waals surface area (Å²) in [6, 6.07) is 6.02. The zero-order valence-corrected chi connectivity index (χ0v) is 23.7. The van der Waals surface area contributed by atoms with E-state index in [1.807, 2.05) is 0 Å². The number of alkyl halides is 7. The minimum atomic E-state index is -5.24. The number of aromatic nitrogens is 4. The van der Waals surface area contributed by atoms with Gasteiger partial charge in [-0.25, -0.2) is 27.3 Å². The number of sulfonamides is 1. The molecule has 240 valence electrons. The zero-order chi connectivity index (χ0) is 32.9. The van der Waals surface area contributed by atoms with Crippen molar-refractivity contribution in [3.05, 3.63) is 71.7 Å². The molecule has 1 fully saturated rings. The number of ether oxygens (including phenoxy) is 1. The van der Waals surface area contributed by atoms with Gasteiger partial charge in [0.1, 0.15) is 23.6 Å². The van der Waals surface area contributed by atoms with E-state index in [-0.39, 0.29) is 17.1 Å². The lowest BCUT2D eigenvalue weighted by atomic mass is 10.1. The van der Waals surface area contributed by atoms with Gasteiger partial charge in [0.2, 0.25) is 15.9 Å². The molecule has 19 heteroatoms. The minimum Gasteiger partial charge on any atom is -0.480 e. The molecule has 4 aromatic rings. The number of fused-ring (bicyclic) bond motifs is 1. The first-order valence-electron chi connectivity index (χ1n) is 12.8. The van der Waals surface area contributed by atoms with Crippen LogP contribution in [0.25, 0.3) is 16.8 Å². The maximum Gasteiger partial charge on any atom is 0.418 e. The maximum atomic E-state index is 15.1. The molecule has 1 amide bonds. The average Bonchev–Trinajstić information content (AvgIpc) is 3.54. The number of nitrogens with one attached hydrogen (secondary N) is 1. The standard InChI is InChI=1S/C26H22F7N7O4S/c1-44-24-15(7-14(9-35-24)19-8-16(25(28,29)30)20-22(34)36-12-37-40(19)20)23(41)38-18-11-39(10-17(18)27)45(42,43)21(26(31,32)33)13-5-3-2-4-6-13/h2-9,12,17-18,21H,10-11H2,1H3,(H,38,41)(H2,34,36,37)/t17-,18+,21?/m0/s1. The molecule has 3 N–H and O–H groups in total. The number of rotatable bonds is 7. The van der Waals surface area contributed by atoms with Gasteiger partial charge < -0.3 is 15.8 Å². The van der Waals surface area contributed by atoms with Crippen molar-refractivity contribution in [3.8, 4) is 17.1 Å². The van der Waals surface area contributed by atoms with Crippen LogP contribution in [0, 0.1) is 0 Å². The van der Waals surface area contributed by atoms with Crippen molar-refractivity contribution < 1.29 is 48.7 Å². The third kappa shape index (κ3) is 5.96. The number of amides is 1. The second-order valence-electron chi connectivity index (χ2n) is 9.92. The van der Waals surface area contributed by atoms with Crippen LogP contribution < -0.4 is 15.8 Å².